The second-order valence-corrected chi connectivity index (χ2v) is 7.96. The number of carbonyl (C=O) groups excluding carboxylic acids is 3. The van der Waals surface area contributed by atoms with Crippen molar-refractivity contribution in [1.29, 1.82) is 0 Å². The Balaban J connectivity index is 1.29. The summed E-state index contributed by atoms with van der Waals surface area (Å²) in [6, 6.07) is 7.71. The van der Waals surface area contributed by atoms with E-state index in [0.29, 0.717) is 44.0 Å². The zero-order valence-electron chi connectivity index (χ0n) is 15.7. The Kier molecular flexibility index (Phi) is 5.40. The summed E-state index contributed by atoms with van der Waals surface area (Å²) in [5, 5.41) is 0.712. The van der Waals surface area contributed by atoms with E-state index >= 15 is 0 Å². The van der Waals surface area contributed by atoms with E-state index in [9.17, 15) is 14.4 Å². The van der Waals surface area contributed by atoms with E-state index in [1.807, 2.05) is 41.3 Å². The van der Waals surface area contributed by atoms with Gasteiger partial charge in [0, 0.05) is 39.1 Å². The van der Waals surface area contributed by atoms with Gasteiger partial charge in [0.2, 0.25) is 17.7 Å². The topological polar surface area (TPSA) is 60.9 Å². The quantitative estimate of drug-likeness (QED) is 0.574. The van der Waals surface area contributed by atoms with Crippen molar-refractivity contribution in [2.45, 2.75) is 19.3 Å². The van der Waals surface area contributed by atoms with Gasteiger partial charge in [0.1, 0.15) is 0 Å². The molecule has 28 heavy (non-hydrogen) atoms. The van der Waals surface area contributed by atoms with Crippen LogP contribution in [0.2, 0.25) is 5.02 Å². The predicted octanol–water partition coefficient (Wildman–Crippen LogP) is 2.33. The van der Waals surface area contributed by atoms with Crippen LogP contribution in [-0.2, 0) is 14.4 Å². The molecule has 2 heterocycles. The van der Waals surface area contributed by atoms with Crippen molar-refractivity contribution < 1.29 is 14.4 Å². The van der Waals surface area contributed by atoms with E-state index < -0.39 is 0 Å². The summed E-state index contributed by atoms with van der Waals surface area (Å²) in [5.74, 6) is -0.697. The van der Waals surface area contributed by atoms with E-state index in [0.717, 1.165) is 5.69 Å². The first-order chi connectivity index (χ1) is 13.6. The SMILES string of the molecule is O=C(CCN1C(=O)[C@@H]2CC=CC[C@H]2C1=O)N1CCN(c2ccccc2Cl)CC1. The molecule has 0 aromatic heterocycles. The van der Waals surface area contributed by atoms with Crippen molar-refractivity contribution in [3.8, 4) is 0 Å². The minimum Gasteiger partial charge on any atom is -0.367 e. The average molecular weight is 402 g/mol. The molecule has 2 aliphatic heterocycles. The van der Waals surface area contributed by atoms with Crippen molar-refractivity contribution in [3.63, 3.8) is 0 Å². The number of rotatable bonds is 4. The molecule has 0 unspecified atom stereocenters. The summed E-state index contributed by atoms with van der Waals surface area (Å²) >= 11 is 6.26. The maximum atomic E-state index is 12.6. The molecule has 7 heteroatoms. The summed E-state index contributed by atoms with van der Waals surface area (Å²) in [6.45, 7) is 2.84. The number of carbonyl (C=O) groups is 3. The fourth-order valence-corrected chi connectivity index (χ4v) is 4.62. The van der Waals surface area contributed by atoms with Crippen molar-refractivity contribution in [3.05, 3.63) is 41.4 Å². The Hall–Kier alpha value is -2.34. The van der Waals surface area contributed by atoms with Gasteiger partial charge in [-0.25, -0.2) is 0 Å². The van der Waals surface area contributed by atoms with Crippen LogP contribution in [0.4, 0.5) is 5.69 Å². The van der Waals surface area contributed by atoms with Gasteiger partial charge >= 0.3 is 0 Å². The zero-order chi connectivity index (χ0) is 19.7. The lowest BCUT2D eigenvalue weighted by Crippen LogP contribution is -2.49. The molecule has 2 saturated heterocycles. The number of anilines is 1. The summed E-state index contributed by atoms with van der Waals surface area (Å²) in [7, 11) is 0. The number of hydrogen-bond acceptors (Lipinski definition) is 4. The zero-order valence-corrected chi connectivity index (χ0v) is 16.5. The van der Waals surface area contributed by atoms with Crippen LogP contribution >= 0.6 is 11.6 Å². The van der Waals surface area contributed by atoms with Crippen molar-refractivity contribution in [1.82, 2.24) is 9.80 Å². The van der Waals surface area contributed by atoms with E-state index in [-0.39, 0.29) is 42.5 Å². The molecule has 1 aliphatic carbocycles. The number of amides is 3. The number of likely N-dealkylation sites (tertiary alicyclic amines) is 1. The van der Waals surface area contributed by atoms with Gasteiger partial charge in [0.05, 0.1) is 22.5 Å². The predicted molar refractivity (Wildman–Crippen MR) is 107 cm³/mol. The molecule has 0 radical (unpaired) electrons. The van der Waals surface area contributed by atoms with Crippen molar-refractivity contribution >= 4 is 35.0 Å². The Morgan fingerprint density at radius 3 is 2.18 bits per heavy atom. The highest BCUT2D eigenvalue weighted by atomic mass is 35.5. The molecule has 1 aromatic rings. The van der Waals surface area contributed by atoms with Crippen LogP contribution in [-0.4, -0.2) is 60.2 Å². The number of piperazine rings is 1. The van der Waals surface area contributed by atoms with Crippen LogP contribution in [0.15, 0.2) is 36.4 Å². The normalized spacial score (nSPS) is 24.7. The third-order valence-corrected chi connectivity index (χ3v) is 6.29. The van der Waals surface area contributed by atoms with Crippen LogP contribution in [0.5, 0.6) is 0 Å². The number of fused-ring (bicyclic) bond motifs is 1. The number of allylic oxidation sites excluding steroid dienone is 2. The first-order valence-corrected chi connectivity index (χ1v) is 10.2. The van der Waals surface area contributed by atoms with Gasteiger partial charge in [-0.1, -0.05) is 35.9 Å². The molecule has 3 amide bonds. The fraction of sp³-hybridized carbons (Fsp3) is 0.476. The molecular weight excluding hydrogens is 378 g/mol. The standard InChI is InChI=1S/C21H24ClN3O3/c22-17-7-3-4-8-18(17)23-11-13-24(14-12-23)19(26)9-10-25-20(27)15-5-1-2-6-16(15)21(25)28/h1-4,7-8,15-16H,5-6,9-14H2/t15-,16-/m1/s1. The van der Waals surface area contributed by atoms with Gasteiger partial charge in [0.25, 0.3) is 0 Å². The molecule has 0 spiro atoms. The molecule has 0 saturated carbocycles. The smallest absolute Gasteiger partial charge is 0.233 e. The number of para-hydroxylation sites is 1. The third kappa shape index (κ3) is 3.53. The van der Waals surface area contributed by atoms with Gasteiger partial charge in [-0.2, -0.15) is 0 Å². The van der Waals surface area contributed by atoms with Crippen LogP contribution in [0, 0.1) is 11.8 Å². The summed E-state index contributed by atoms with van der Waals surface area (Å²) < 4.78 is 0. The van der Waals surface area contributed by atoms with Crippen molar-refractivity contribution in [2.75, 3.05) is 37.6 Å². The van der Waals surface area contributed by atoms with Gasteiger partial charge in [-0.3, -0.25) is 19.3 Å². The molecule has 2 atom stereocenters. The molecular formula is C21H24ClN3O3. The molecule has 4 rings (SSSR count). The fourth-order valence-electron chi connectivity index (χ4n) is 4.36. The van der Waals surface area contributed by atoms with E-state index in [1.54, 1.807) is 0 Å². The lowest BCUT2D eigenvalue weighted by Gasteiger charge is -2.36. The number of nitrogens with zero attached hydrogens (tertiary/aromatic N) is 3. The summed E-state index contributed by atoms with van der Waals surface area (Å²) in [6.07, 6.45) is 5.39. The van der Waals surface area contributed by atoms with Gasteiger partial charge < -0.3 is 9.80 Å². The molecule has 0 bridgehead atoms. The molecule has 3 aliphatic rings. The number of hydrogen-bond donors (Lipinski definition) is 0. The lowest BCUT2D eigenvalue weighted by molar-refractivity contribution is -0.140. The molecule has 0 N–H and O–H groups in total. The highest BCUT2D eigenvalue weighted by Crippen LogP contribution is 2.35. The van der Waals surface area contributed by atoms with E-state index in [2.05, 4.69) is 4.90 Å². The van der Waals surface area contributed by atoms with Crippen LogP contribution < -0.4 is 4.90 Å². The van der Waals surface area contributed by atoms with E-state index in [1.165, 1.54) is 4.90 Å². The van der Waals surface area contributed by atoms with Crippen LogP contribution in [0.3, 0.4) is 0 Å². The third-order valence-electron chi connectivity index (χ3n) is 5.97. The molecule has 148 valence electrons. The first-order valence-electron chi connectivity index (χ1n) is 9.83. The largest absolute Gasteiger partial charge is 0.367 e. The van der Waals surface area contributed by atoms with Crippen molar-refractivity contribution in [2.24, 2.45) is 11.8 Å². The highest BCUT2D eigenvalue weighted by Gasteiger charge is 2.47. The highest BCUT2D eigenvalue weighted by molar-refractivity contribution is 6.33. The summed E-state index contributed by atoms with van der Waals surface area (Å²) in [4.78, 5) is 42.9. The Labute approximate surface area is 169 Å². The Bertz CT molecular complexity index is 791. The Morgan fingerprint density at radius 1 is 0.964 bits per heavy atom. The minimum atomic E-state index is -0.230. The Morgan fingerprint density at radius 2 is 1.57 bits per heavy atom. The monoisotopic (exact) mass is 401 g/mol. The van der Waals surface area contributed by atoms with Gasteiger partial charge in [-0.05, 0) is 25.0 Å². The lowest BCUT2D eigenvalue weighted by atomic mass is 9.85. The second-order valence-electron chi connectivity index (χ2n) is 7.55. The van der Waals surface area contributed by atoms with Crippen LogP contribution in [0.25, 0.3) is 0 Å². The first kappa shape index (κ1) is 19.0. The second kappa shape index (κ2) is 7.95. The van der Waals surface area contributed by atoms with Gasteiger partial charge in [0.15, 0.2) is 0 Å². The molecule has 6 nitrogen and oxygen atoms in total. The number of imide groups is 1. The van der Waals surface area contributed by atoms with Crippen LogP contribution in [0.1, 0.15) is 19.3 Å². The number of halogens is 1. The summed E-state index contributed by atoms with van der Waals surface area (Å²) in [5.41, 5.74) is 0.987. The molecule has 1 aromatic carbocycles. The number of benzene rings is 1. The maximum absolute atomic E-state index is 12.6. The average Bonchev–Trinajstić information content (AvgIpc) is 2.97. The van der Waals surface area contributed by atoms with Gasteiger partial charge in [-0.15, -0.1) is 0 Å². The maximum Gasteiger partial charge on any atom is 0.233 e. The molecule has 2 fully saturated rings. The minimum absolute atomic E-state index is 0.00703. The van der Waals surface area contributed by atoms with E-state index in [4.69, 9.17) is 11.6 Å².